The Balaban J connectivity index is 2.08. The van der Waals surface area contributed by atoms with Crippen LogP contribution in [0.5, 0.6) is 5.75 Å². The van der Waals surface area contributed by atoms with Gasteiger partial charge < -0.3 is 29.7 Å². The molecule has 16 heteroatoms. The molecule has 3 amide bonds. The molecular weight excluding hydrogens is 702 g/mol. The van der Waals surface area contributed by atoms with E-state index in [1.807, 2.05) is 20.8 Å². The van der Waals surface area contributed by atoms with Gasteiger partial charge in [-0.1, -0.05) is 0 Å². The van der Waals surface area contributed by atoms with Gasteiger partial charge in [-0.05, 0) is 72.2 Å². The van der Waals surface area contributed by atoms with Gasteiger partial charge in [-0.25, -0.2) is 0 Å². The van der Waals surface area contributed by atoms with Crippen LogP contribution in [0.3, 0.4) is 0 Å². The van der Waals surface area contributed by atoms with Gasteiger partial charge in [0.25, 0.3) is 5.91 Å². The summed E-state index contributed by atoms with van der Waals surface area (Å²) in [6, 6.07) is 0.652. The molecule has 1 aromatic rings. The number of fused-ring (bicyclic) bond motifs is 3. The van der Waals surface area contributed by atoms with Crippen molar-refractivity contribution in [2.24, 2.45) is 17.3 Å². The SMILES string of the molecule is CC(=O)NC(=O)C1=C(OC(C)=O)[C@@H](N(C)C)[C@@H]2C[C@@H]3Cc4c(N(C)C)cc(NC(=O)CNC(C)(C)C)c(OC(C)=O)c4C(=O)C3=C(OC(C)=O)[C@]2(C)C1=O. The van der Waals surface area contributed by atoms with Crippen LogP contribution < -0.4 is 25.6 Å². The van der Waals surface area contributed by atoms with Crippen LogP contribution in [0, 0.1) is 17.3 Å². The summed E-state index contributed by atoms with van der Waals surface area (Å²) in [5, 5.41) is 7.93. The number of carbonyl (C=O) groups is 8. The molecule has 3 N–H and O–H groups in total. The summed E-state index contributed by atoms with van der Waals surface area (Å²) in [5.74, 6) is -8.89. The highest BCUT2D eigenvalue weighted by atomic mass is 16.5. The Kier molecular flexibility index (Phi) is 11.7. The number of likely N-dealkylation sites (N-methyl/N-ethyl adjacent to an activating group) is 1. The average molecular weight is 752 g/mol. The minimum Gasteiger partial charge on any atom is -0.430 e. The number of ketones is 2. The van der Waals surface area contributed by atoms with Gasteiger partial charge in [0.1, 0.15) is 17.1 Å². The fraction of sp³-hybridized carbons (Fsp3) is 0.526. The number of rotatable bonds is 9. The quantitative estimate of drug-likeness (QED) is 0.188. The molecule has 0 fully saturated rings. The van der Waals surface area contributed by atoms with E-state index in [4.69, 9.17) is 14.2 Å². The molecule has 292 valence electrons. The maximum atomic E-state index is 15.1. The molecule has 0 radical (unpaired) electrons. The van der Waals surface area contributed by atoms with E-state index in [1.165, 1.54) is 6.92 Å². The Morgan fingerprint density at radius 2 is 1.50 bits per heavy atom. The summed E-state index contributed by atoms with van der Waals surface area (Å²) >= 11 is 0. The fourth-order valence-electron chi connectivity index (χ4n) is 7.59. The molecule has 0 saturated heterocycles. The number of allylic oxidation sites excluding steroid dienone is 2. The third kappa shape index (κ3) is 7.99. The minimum absolute atomic E-state index is 0.0354. The molecule has 4 atom stereocenters. The van der Waals surface area contributed by atoms with Gasteiger partial charge in [0.2, 0.25) is 11.8 Å². The Bertz CT molecular complexity index is 1920. The summed E-state index contributed by atoms with van der Waals surface area (Å²) in [7, 11) is 6.80. The molecule has 0 spiro atoms. The van der Waals surface area contributed by atoms with Crippen molar-refractivity contribution in [1.29, 1.82) is 0 Å². The first-order valence-electron chi connectivity index (χ1n) is 17.4. The number of nitrogens with one attached hydrogen (secondary N) is 3. The molecule has 0 heterocycles. The van der Waals surface area contributed by atoms with Crippen molar-refractivity contribution in [2.75, 3.05) is 45.0 Å². The number of benzene rings is 1. The van der Waals surface area contributed by atoms with Crippen LogP contribution in [-0.2, 0) is 49.5 Å². The number of hydrogen-bond donors (Lipinski definition) is 3. The van der Waals surface area contributed by atoms with Crippen molar-refractivity contribution in [3.8, 4) is 5.75 Å². The van der Waals surface area contributed by atoms with Gasteiger partial charge in [0, 0.05) is 64.5 Å². The number of carbonyl (C=O) groups excluding carboxylic acids is 8. The lowest BCUT2D eigenvalue weighted by Gasteiger charge is -2.52. The molecule has 0 aromatic heterocycles. The Labute approximate surface area is 314 Å². The third-order valence-electron chi connectivity index (χ3n) is 9.64. The van der Waals surface area contributed by atoms with Gasteiger partial charge in [0.05, 0.1) is 29.3 Å². The first-order valence-corrected chi connectivity index (χ1v) is 17.4. The number of Topliss-reactive ketones (excluding diaryl/α,β-unsaturated/α-hetero) is 2. The Hall–Kier alpha value is -5.22. The van der Waals surface area contributed by atoms with Gasteiger partial charge in [0.15, 0.2) is 17.3 Å². The summed E-state index contributed by atoms with van der Waals surface area (Å²) in [5.41, 5.74) is -2.03. The van der Waals surface area contributed by atoms with E-state index in [1.54, 1.807) is 44.1 Å². The van der Waals surface area contributed by atoms with Crippen molar-refractivity contribution >= 4 is 58.6 Å². The van der Waals surface area contributed by atoms with Gasteiger partial charge >= 0.3 is 17.9 Å². The second-order valence-corrected chi connectivity index (χ2v) is 15.5. The van der Waals surface area contributed by atoms with Crippen molar-refractivity contribution in [1.82, 2.24) is 15.5 Å². The van der Waals surface area contributed by atoms with Crippen LogP contribution in [0.4, 0.5) is 11.4 Å². The number of ether oxygens (including phenoxy) is 3. The van der Waals surface area contributed by atoms with Crippen LogP contribution in [-0.4, -0.2) is 98.4 Å². The molecule has 54 heavy (non-hydrogen) atoms. The second kappa shape index (κ2) is 15.3. The molecule has 0 bridgehead atoms. The summed E-state index contributed by atoms with van der Waals surface area (Å²) in [6.07, 6.45) is 0.240. The predicted molar refractivity (Wildman–Crippen MR) is 195 cm³/mol. The lowest BCUT2D eigenvalue weighted by atomic mass is 9.54. The highest BCUT2D eigenvalue weighted by molar-refractivity contribution is 6.26. The number of amides is 3. The lowest BCUT2D eigenvalue weighted by molar-refractivity contribution is -0.146. The summed E-state index contributed by atoms with van der Waals surface area (Å²) in [6.45, 7) is 11.4. The van der Waals surface area contributed by atoms with E-state index in [0.29, 0.717) is 11.3 Å². The van der Waals surface area contributed by atoms with Crippen LogP contribution in [0.25, 0.3) is 0 Å². The maximum Gasteiger partial charge on any atom is 0.308 e. The molecule has 4 rings (SSSR count). The molecule has 0 aliphatic heterocycles. The smallest absolute Gasteiger partial charge is 0.308 e. The number of imide groups is 1. The predicted octanol–water partition coefficient (Wildman–Crippen LogP) is 2.20. The third-order valence-corrected chi connectivity index (χ3v) is 9.64. The van der Waals surface area contributed by atoms with Crippen molar-refractivity contribution in [3.63, 3.8) is 0 Å². The van der Waals surface area contributed by atoms with E-state index in [0.717, 1.165) is 27.7 Å². The van der Waals surface area contributed by atoms with E-state index in [9.17, 15) is 33.6 Å². The summed E-state index contributed by atoms with van der Waals surface area (Å²) < 4.78 is 17.1. The standard InChI is InChI=1S/C38H49N5O11/c1-17(44)40-36(51)29-33(53-19(3)46)30(43(11)12)23-14-21-13-22-25(42(9)10)15-24(41-26(48)16-39-37(5,6)7)32(52-18(2)45)28(22)31(49)27(21)35(54-20(4)47)38(23,8)34(29)50/h15,21,23,30,39H,13-14,16H2,1-12H3,(H,41,48)(H,40,44,51)/t21-,23-,30-,38-/m0/s1. The average Bonchev–Trinajstić information content (AvgIpc) is 3.00. The Morgan fingerprint density at radius 3 is 2.00 bits per heavy atom. The topological polar surface area (TPSA) is 207 Å². The van der Waals surface area contributed by atoms with Crippen LogP contribution >= 0.6 is 0 Å². The highest BCUT2D eigenvalue weighted by Crippen LogP contribution is 2.59. The number of esters is 3. The zero-order chi connectivity index (χ0) is 40.8. The number of anilines is 2. The van der Waals surface area contributed by atoms with Crippen molar-refractivity contribution < 1.29 is 52.6 Å². The largest absolute Gasteiger partial charge is 0.430 e. The maximum absolute atomic E-state index is 15.1. The van der Waals surface area contributed by atoms with Crippen molar-refractivity contribution in [3.05, 3.63) is 39.9 Å². The van der Waals surface area contributed by atoms with Gasteiger partial charge in [-0.2, -0.15) is 0 Å². The van der Waals surface area contributed by atoms with Crippen LogP contribution in [0.1, 0.15) is 77.7 Å². The van der Waals surface area contributed by atoms with E-state index in [2.05, 4.69) is 16.0 Å². The number of nitrogens with zero attached hydrogens (tertiary/aromatic N) is 2. The molecule has 3 aliphatic rings. The lowest BCUT2D eigenvalue weighted by Crippen LogP contribution is -2.59. The Morgan fingerprint density at radius 1 is 0.907 bits per heavy atom. The first kappa shape index (κ1) is 41.5. The zero-order valence-corrected chi connectivity index (χ0v) is 32.8. The van der Waals surface area contributed by atoms with Gasteiger partial charge in [-0.3, -0.25) is 48.6 Å². The minimum atomic E-state index is -1.90. The molecule has 0 saturated carbocycles. The van der Waals surface area contributed by atoms with Crippen LogP contribution in [0.15, 0.2) is 28.7 Å². The first-order chi connectivity index (χ1) is 24.9. The molecular formula is C38H49N5O11. The normalized spacial score (nSPS) is 22.1. The number of hydrogen-bond acceptors (Lipinski definition) is 14. The van der Waals surface area contributed by atoms with E-state index in [-0.39, 0.29) is 53.5 Å². The van der Waals surface area contributed by atoms with Crippen LogP contribution in [0.2, 0.25) is 0 Å². The van der Waals surface area contributed by atoms with E-state index >= 15 is 4.79 Å². The highest BCUT2D eigenvalue weighted by Gasteiger charge is 2.63. The molecule has 3 aliphatic carbocycles. The summed E-state index contributed by atoms with van der Waals surface area (Å²) in [4.78, 5) is 110. The van der Waals surface area contributed by atoms with Crippen molar-refractivity contribution in [2.45, 2.75) is 79.8 Å². The monoisotopic (exact) mass is 751 g/mol. The molecule has 16 nitrogen and oxygen atoms in total. The fourth-order valence-corrected chi connectivity index (χ4v) is 7.59. The van der Waals surface area contributed by atoms with Gasteiger partial charge in [-0.15, -0.1) is 0 Å². The molecule has 1 aromatic carbocycles. The zero-order valence-electron chi connectivity index (χ0n) is 32.8. The molecule has 0 unspecified atom stereocenters. The van der Waals surface area contributed by atoms with E-state index < -0.39 is 81.6 Å². The second-order valence-electron chi connectivity index (χ2n) is 15.5.